The second kappa shape index (κ2) is 5.15. The third kappa shape index (κ3) is 2.39. The van der Waals surface area contributed by atoms with Gasteiger partial charge in [0.05, 0.1) is 17.1 Å². The van der Waals surface area contributed by atoms with Crippen molar-refractivity contribution >= 4 is 11.0 Å². The van der Waals surface area contributed by atoms with E-state index in [0.29, 0.717) is 12.8 Å². The van der Waals surface area contributed by atoms with Crippen LogP contribution in [0, 0.1) is 0 Å². The molecule has 1 atom stereocenters. The lowest BCUT2D eigenvalue weighted by Crippen LogP contribution is -2.13. The average molecular weight is 230 g/mol. The summed E-state index contributed by atoms with van der Waals surface area (Å²) in [7, 11) is 0. The van der Waals surface area contributed by atoms with Crippen molar-refractivity contribution in [2.45, 2.75) is 32.4 Å². The van der Waals surface area contributed by atoms with Crippen LogP contribution >= 0.6 is 0 Å². The van der Waals surface area contributed by atoms with Crippen LogP contribution in [0.1, 0.15) is 19.2 Å². The van der Waals surface area contributed by atoms with Gasteiger partial charge < -0.3 is 9.67 Å². The molecule has 0 amide bonds. The number of aliphatic hydroxyl groups is 1. The molecule has 2 rings (SSSR count). The van der Waals surface area contributed by atoms with Gasteiger partial charge in [-0.2, -0.15) is 0 Å². The van der Waals surface area contributed by atoms with Crippen LogP contribution < -0.4 is 0 Å². The van der Waals surface area contributed by atoms with Crippen molar-refractivity contribution in [3.05, 3.63) is 42.7 Å². The molecule has 0 saturated carbocycles. The van der Waals surface area contributed by atoms with E-state index in [1.165, 1.54) is 0 Å². The minimum atomic E-state index is -0.394. The molecule has 90 valence electrons. The molecule has 1 aromatic heterocycles. The van der Waals surface area contributed by atoms with Crippen LogP contribution in [-0.4, -0.2) is 20.8 Å². The summed E-state index contributed by atoms with van der Waals surface area (Å²) >= 11 is 0. The fourth-order valence-corrected chi connectivity index (χ4v) is 2.12. The van der Waals surface area contributed by atoms with Crippen molar-refractivity contribution < 1.29 is 5.11 Å². The Kier molecular flexibility index (Phi) is 3.59. The fourth-order valence-electron chi connectivity index (χ4n) is 2.12. The lowest BCUT2D eigenvalue weighted by atomic mass is 10.2. The molecule has 0 fully saturated rings. The summed E-state index contributed by atoms with van der Waals surface area (Å²) in [4.78, 5) is 4.57. The molecule has 0 aliphatic rings. The van der Waals surface area contributed by atoms with Crippen molar-refractivity contribution in [2.75, 3.05) is 0 Å². The molecule has 0 aliphatic carbocycles. The number of aromatic nitrogens is 2. The molecule has 0 bridgehead atoms. The number of hydrogen-bond donors (Lipinski definition) is 1. The predicted octanol–water partition coefficient (Wildman–Crippen LogP) is 2.54. The number of fused-ring (bicyclic) bond motifs is 1. The molecule has 3 heteroatoms. The van der Waals surface area contributed by atoms with Crippen molar-refractivity contribution in [2.24, 2.45) is 0 Å². The summed E-state index contributed by atoms with van der Waals surface area (Å²) in [6.45, 7) is 6.61. The Labute approximate surface area is 101 Å². The van der Waals surface area contributed by atoms with Crippen molar-refractivity contribution in [3.8, 4) is 0 Å². The summed E-state index contributed by atoms with van der Waals surface area (Å²) in [5.74, 6) is 0.947. The molecular weight excluding hydrogens is 212 g/mol. The molecule has 1 heterocycles. The Morgan fingerprint density at radius 3 is 2.94 bits per heavy atom. The Morgan fingerprint density at radius 2 is 2.24 bits per heavy atom. The minimum Gasteiger partial charge on any atom is -0.392 e. The summed E-state index contributed by atoms with van der Waals surface area (Å²) in [5, 5.41) is 9.82. The molecule has 3 nitrogen and oxygen atoms in total. The van der Waals surface area contributed by atoms with E-state index in [1.54, 1.807) is 6.08 Å². The molecule has 1 N–H and O–H groups in total. The first-order valence-electron chi connectivity index (χ1n) is 5.99. The largest absolute Gasteiger partial charge is 0.392 e. The fraction of sp³-hybridized carbons (Fsp3) is 0.357. The Bertz CT molecular complexity index is 516. The number of imidazole rings is 1. The van der Waals surface area contributed by atoms with Crippen LogP contribution in [0.25, 0.3) is 11.0 Å². The van der Waals surface area contributed by atoms with E-state index in [1.807, 2.05) is 18.2 Å². The van der Waals surface area contributed by atoms with Gasteiger partial charge in [-0.1, -0.05) is 18.2 Å². The molecule has 0 saturated heterocycles. The molecule has 0 radical (unpaired) electrons. The van der Waals surface area contributed by atoms with Gasteiger partial charge in [-0.05, 0) is 25.5 Å². The standard InChI is InChI=1S/C14H18N2O/c1-3-7-11(17)10-14-15-12-8-5-6-9-13(12)16(14)4-2/h3,5-6,8-9,11,17H,1,4,7,10H2,2H3. The van der Waals surface area contributed by atoms with Gasteiger partial charge in [0.15, 0.2) is 0 Å². The van der Waals surface area contributed by atoms with Gasteiger partial charge >= 0.3 is 0 Å². The molecule has 0 aliphatic heterocycles. The van der Waals surface area contributed by atoms with Gasteiger partial charge in [0.25, 0.3) is 0 Å². The molecule has 0 spiro atoms. The quantitative estimate of drug-likeness (QED) is 0.801. The molecular formula is C14H18N2O. The third-order valence-corrected chi connectivity index (χ3v) is 2.91. The number of benzene rings is 1. The number of hydrogen-bond acceptors (Lipinski definition) is 2. The van der Waals surface area contributed by atoms with Crippen molar-refractivity contribution in [3.63, 3.8) is 0 Å². The van der Waals surface area contributed by atoms with Crippen LogP contribution in [-0.2, 0) is 13.0 Å². The monoisotopic (exact) mass is 230 g/mol. The lowest BCUT2D eigenvalue weighted by Gasteiger charge is -2.09. The highest BCUT2D eigenvalue weighted by molar-refractivity contribution is 5.75. The maximum atomic E-state index is 9.82. The van der Waals surface area contributed by atoms with Crippen LogP contribution in [0.2, 0.25) is 0 Å². The zero-order valence-electron chi connectivity index (χ0n) is 10.1. The predicted molar refractivity (Wildman–Crippen MR) is 69.9 cm³/mol. The van der Waals surface area contributed by atoms with Gasteiger partial charge in [-0.3, -0.25) is 0 Å². The number of para-hydroxylation sites is 2. The SMILES string of the molecule is C=CCC(O)Cc1nc2ccccc2n1CC. The van der Waals surface area contributed by atoms with Crippen LogP contribution in [0.15, 0.2) is 36.9 Å². The van der Waals surface area contributed by atoms with E-state index < -0.39 is 6.10 Å². The number of nitrogens with zero attached hydrogens (tertiary/aromatic N) is 2. The summed E-state index contributed by atoms with van der Waals surface area (Å²) in [5.41, 5.74) is 2.13. The summed E-state index contributed by atoms with van der Waals surface area (Å²) in [6, 6.07) is 8.07. The van der Waals surface area contributed by atoms with E-state index in [4.69, 9.17) is 0 Å². The number of aliphatic hydroxyl groups excluding tert-OH is 1. The summed E-state index contributed by atoms with van der Waals surface area (Å²) in [6.07, 6.45) is 2.53. The van der Waals surface area contributed by atoms with Crippen molar-refractivity contribution in [1.29, 1.82) is 0 Å². The second-order valence-electron chi connectivity index (χ2n) is 4.14. The first-order valence-corrected chi connectivity index (χ1v) is 5.99. The first kappa shape index (κ1) is 11.9. The van der Waals surface area contributed by atoms with E-state index in [0.717, 1.165) is 23.4 Å². The maximum absolute atomic E-state index is 9.82. The van der Waals surface area contributed by atoms with Gasteiger partial charge in [0.1, 0.15) is 5.82 Å². The topological polar surface area (TPSA) is 38.1 Å². The molecule has 2 aromatic rings. The second-order valence-corrected chi connectivity index (χ2v) is 4.14. The highest BCUT2D eigenvalue weighted by Gasteiger charge is 2.12. The minimum absolute atomic E-state index is 0.394. The van der Waals surface area contributed by atoms with Crippen LogP contribution in [0.5, 0.6) is 0 Å². The molecule has 1 unspecified atom stereocenters. The molecule has 17 heavy (non-hydrogen) atoms. The smallest absolute Gasteiger partial charge is 0.112 e. The lowest BCUT2D eigenvalue weighted by molar-refractivity contribution is 0.175. The van der Waals surface area contributed by atoms with Crippen LogP contribution in [0.3, 0.4) is 0 Å². The number of aryl methyl sites for hydroxylation is 1. The Morgan fingerprint density at radius 1 is 1.47 bits per heavy atom. The third-order valence-electron chi connectivity index (χ3n) is 2.91. The molecule has 1 aromatic carbocycles. The van der Waals surface area contributed by atoms with Gasteiger partial charge in [0, 0.05) is 13.0 Å². The summed E-state index contributed by atoms with van der Waals surface area (Å²) < 4.78 is 2.15. The van der Waals surface area contributed by atoms with Crippen LogP contribution in [0.4, 0.5) is 0 Å². The van der Waals surface area contributed by atoms with E-state index in [2.05, 4.69) is 29.1 Å². The van der Waals surface area contributed by atoms with Crippen molar-refractivity contribution in [1.82, 2.24) is 9.55 Å². The Balaban J connectivity index is 2.36. The van der Waals surface area contributed by atoms with E-state index in [-0.39, 0.29) is 0 Å². The van der Waals surface area contributed by atoms with E-state index in [9.17, 15) is 5.11 Å². The average Bonchev–Trinajstić information content (AvgIpc) is 2.66. The zero-order chi connectivity index (χ0) is 12.3. The Hall–Kier alpha value is -1.61. The maximum Gasteiger partial charge on any atom is 0.112 e. The first-order chi connectivity index (χ1) is 8.26. The number of rotatable bonds is 5. The van der Waals surface area contributed by atoms with Gasteiger partial charge in [-0.25, -0.2) is 4.98 Å². The normalized spacial score (nSPS) is 12.8. The highest BCUT2D eigenvalue weighted by Crippen LogP contribution is 2.17. The van der Waals surface area contributed by atoms with Gasteiger partial charge in [0.2, 0.25) is 0 Å². The van der Waals surface area contributed by atoms with E-state index >= 15 is 0 Å². The highest BCUT2D eigenvalue weighted by atomic mass is 16.3. The van der Waals surface area contributed by atoms with Gasteiger partial charge in [-0.15, -0.1) is 6.58 Å². The zero-order valence-corrected chi connectivity index (χ0v) is 10.1.